The smallest absolute Gasteiger partial charge is 0.213 e. The lowest BCUT2D eigenvalue weighted by Gasteiger charge is -2.25. The van der Waals surface area contributed by atoms with Crippen LogP contribution in [0.25, 0.3) is 123 Å². The van der Waals surface area contributed by atoms with Crippen LogP contribution in [-0.4, -0.2) is 109 Å². The molecule has 0 saturated carbocycles. The number of hydrogen-bond donors (Lipinski definition) is 0. The summed E-state index contributed by atoms with van der Waals surface area (Å²) in [5.74, 6) is 0.645. The molecule has 9 aromatic carbocycles. The van der Waals surface area contributed by atoms with E-state index < -0.39 is 0 Å². The maximum Gasteiger partial charge on any atom is 0.213 e. The zero-order chi connectivity index (χ0) is 77.2. The first-order chi connectivity index (χ1) is 54.4. The minimum absolute atomic E-state index is 0.645. The Hall–Kier alpha value is -11.1. The zero-order valence-corrected chi connectivity index (χ0v) is 67.8. The van der Waals surface area contributed by atoms with Crippen molar-refractivity contribution in [2.75, 3.05) is 61.5 Å². The van der Waals surface area contributed by atoms with Gasteiger partial charge in [0.2, 0.25) is 5.88 Å². The number of methoxy groups -OCH3 is 1. The average Bonchev–Trinajstić information content (AvgIpc) is 1.57. The third kappa shape index (κ3) is 14.4. The van der Waals surface area contributed by atoms with Crippen LogP contribution in [-0.2, 0) is 58.9 Å². The summed E-state index contributed by atoms with van der Waals surface area (Å²) in [7, 11) is 12.7. The van der Waals surface area contributed by atoms with Crippen LogP contribution in [0.15, 0.2) is 207 Å². The largest absolute Gasteiger partial charge is 0.481 e. The van der Waals surface area contributed by atoms with Gasteiger partial charge in [-0.15, -0.1) is 0 Å². The summed E-state index contributed by atoms with van der Waals surface area (Å²) in [5, 5.41) is 12.2. The predicted molar refractivity (Wildman–Crippen MR) is 475 cm³/mol. The number of ether oxygens (including phenoxy) is 1. The number of aryl methyl sites for hydroxylation is 5. The summed E-state index contributed by atoms with van der Waals surface area (Å²) >= 11 is 0. The molecular weight excluding hydrogens is 1370 g/mol. The van der Waals surface area contributed by atoms with E-state index in [-0.39, 0.29) is 0 Å². The van der Waals surface area contributed by atoms with Crippen molar-refractivity contribution in [1.82, 2.24) is 47.4 Å². The van der Waals surface area contributed by atoms with Crippen molar-refractivity contribution in [1.29, 1.82) is 0 Å². The van der Waals surface area contributed by atoms with Gasteiger partial charge in [0.25, 0.3) is 0 Å². The fourth-order valence-electron chi connectivity index (χ4n) is 18.5. The average molecular weight is 1480 g/mol. The van der Waals surface area contributed by atoms with Crippen molar-refractivity contribution in [3.05, 3.63) is 296 Å². The maximum atomic E-state index is 5.28. The molecule has 11 heteroatoms. The summed E-state index contributed by atoms with van der Waals surface area (Å²) in [5.41, 5.74) is 35.9. The van der Waals surface area contributed by atoms with Gasteiger partial charge in [-0.25, -0.2) is 4.98 Å². The van der Waals surface area contributed by atoms with Crippen LogP contribution in [0.2, 0.25) is 0 Å². The Balaban J connectivity index is 0.000000109. The third-order valence-electron chi connectivity index (χ3n) is 24.6. The third-order valence-corrected chi connectivity index (χ3v) is 24.6. The normalized spacial score (nSPS) is 15.9. The van der Waals surface area contributed by atoms with Crippen LogP contribution in [0.4, 0.5) is 0 Å². The molecule has 6 aromatic heterocycles. The Morgan fingerprint density at radius 2 is 0.768 bits per heavy atom. The number of nitrogens with zero attached hydrogens (tertiary/aromatic N) is 10. The summed E-state index contributed by atoms with van der Waals surface area (Å²) in [6, 6.07) is 71.5. The molecular formula is C101H106N10O. The van der Waals surface area contributed by atoms with Gasteiger partial charge in [-0.3, -0.25) is 0 Å². The number of allylic oxidation sites excluding steroid dienone is 5. The van der Waals surface area contributed by atoms with Gasteiger partial charge in [-0.05, 0) is 269 Å². The second-order valence-corrected chi connectivity index (χ2v) is 32.8. The van der Waals surface area contributed by atoms with Crippen molar-refractivity contribution >= 4 is 123 Å². The molecule has 10 heterocycles. The van der Waals surface area contributed by atoms with E-state index in [0.717, 1.165) is 83.6 Å². The first-order valence-corrected chi connectivity index (χ1v) is 40.4. The van der Waals surface area contributed by atoms with Gasteiger partial charge in [0, 0.05) is 183 Å². The number of hydrogen-bond acceptors (Lipinski definition) is 6. The highest BCUT2D eigenvalue weighted by Gasteiger charge is 2.30. The van der Waals surface area contributed by atoms with Gasteiger partial charge in [0.05, 0.1) is 29.2 Å². The van der Waals surface area contributed by atoms with E-state index in [1.807, 2.05) is 12.1 Å². The Bertz CT molecular complexity index is 6110. The van der Waals surface area contributed by atoms with Crippen LogP contribution < -0.4 is 4.74 Å². The molecule has 11 nitrogen and oxygen atoms in total. The van der Waals surface area contributed by atoms with E-state index in [9.17, 15) is 0 Å². The van der Waals surface area contributed by atoms with Crippen LogP contribution in [0.3, 0.4) is 0 Å². The van der Waals surface area contributed by atoms with Crippen LogP contribution >= 0.6 is 0 Å². The number of likely N-dealkylation sites (N-methyl/N-ethyl adjacent to an activating group) is 4. The predicted octanol–water partition coefficient (Wildman–Crippen LogP) is 22.6. The highest BCUT2D eigenvalue weighted by Crippen LogP contribution is 2.44. The van der Waals surface area contributed by atoms with E-state index in [0.29, 0.717) is 5.88 Å². The molecule has 112 heavy (non-hydrogen) atoms. The first kappa shape index (κ1) is 73.7. The number of fused-ring (bicyclic) bond motifs is 15. The first-order valence-electron chi connectivity index (χ1n) is 40.4. The molecule has 0 fully saturated rings. The minimum Gasteiger partial charge on any atom is -0.481 e. The van der Waals surface area contributed by atoms with Gasteiger partial charge in [-0.2, -0.15) is 0 Å². The minimum atomic E-state index is 0.645. The molecule has 0 atom stereocenters. The van der Waals surface area contributed by atoms with Crippen LogP contribution in [0.5, 0.6) is 5.88 Å². The van der Waals surface area contributed by atoms with E-state index in [4.69, 9.17) is 4.74 Å². The second kappa shape index (κ2) is 30.9. The van der Waals surface area contributed by atoms with Crippen molar-refractivity contribution in [3.63, 3.8) is 0 Å². The highest BCUT2D eigenvalue weighted by atomic mass is 16.5. The van der Waals surface area contributed by atoms with Gasteiger partial charge >= 0.3 is 0 Å². The van der Waals surface area contributed by atoms with Gasteiger partial charge < -0.3 is 47.2 Å². The van der Waals surface area contributed by atoms with Gasteiger partial charge in [0.1, 0.15) is 0 Å². The van der Waals surface area contributed by atoms with Crippen LogP contribution in [0, 0.1) is 27.7 Å². The molecule has 0 saturated heterocycles. The van der Waals surface area contributed by atoms with E-state index >= 15 is 0 Å². The number of rotatable bonds is 9. The Kier molecular flexibility index (Phi) is 20.3. The van der Waals surface area contributed by atoms with Gasteiger partial charge in [-0.1, -0.05) is 125 Å². The Morgan fingerprint density at radius 3 is 1.22 bits per heavy atom. The number of pyridine rings is 1. The SMILES string of the molecule is C/C(=C/n1c2c(c3cc(C)ccc31)CN(C)CC2)c1ccc2ccccc2c1.C/C(=C\n1c2c(c3cc(C)ccc31)CN(C)CC2)c1ccc2ccccc2c1.COc1cc(/C(C)=C/n2c3c(c4cc(C)ccc42)CN(C)CC3)ccn1.Cc1ccc2c(c1)c1c(n2C2=C(c3ccc4c(ccn4C)c3)CCC2)CCN(C)C1. The lowest BCUT2D eigenvalue weighted by molar-refractivity contribution is 0.311. The van der Waals surface area contributed by atoms with Crippen molar-refractivity contribution in [2.24, 2.45) is 7.05 Å². The fraction of sp³-hybridized carbons (Fsp3) is 0.277. The molecule has 566 valence electrons. The highest BCUT2D eigenvalue weighted by molar-refractivity contribution is 5.99. The molecule has 0 radical (unpaired) electrons. The maximum absolute atomic E-state index is 5.28. The summed E-state index contributed by atoms with van der Waals surface area (Å²) in [6.07, 6.45) is 18.9. The monoisotopic (exact) mass is 1470 g/mol. The van der Waals surface area contributed by atoms with E-state index in [1.165, 1.54) is 190 Å². The van der Waals surface area contributed by atoms with Crippen molar-refractivity contribution < 1.29 is 4.74 Å². The number of aromatic nitrogens is 6. The molecule has 15 aromatic rings. The molecule has 20 rings (SSSR count). The lowest BCUT2D eigenvalue weighted by Crippen LogP contribution is -2.27. The van der Waals surface area contributed by atoms with Crippen molar-refractivity contribution in [3.8, 4) is 5.88 Å². The van der Waals surface area contributed by atoms with E-state index in [2.05, 4.69) is 338 Å². The molecule has 0 bridgehead atoms. The fourth-order valence-corrected chi connectivity index (χ4v) is 18.5. The van der Waals surface area contributed by atoms with Crippen LogP contribution in [0.1, 0.15) is 130 Å². The molecule has 4 aliphatic heterocycles. The van der Waals surface area contributed by atoms with Gasteiger partial charge in [0.15, 0.2) is 0 Å². The number of benzene rings is 9. The molecule has 0 unspecified atom stereocenters. The standard InChI is InChI=1S/C27H29N3.2C26H26N2.C22H25N3O/c1-18-7-9-26-22(15-18)23-17-28(2)13-12-27(23)30(26)25-6-4-5-21(25)19-8-10-24-20(16-19)11-14-29(24)3;2*1-18-8-11-25-23(14-18)24-17-27(3)13-12-26(24)28(25)16-19(2)21-10-9-20-6-4-5-7-22(20)15-21;1-15-5-6-20-18(11-15)19-14-24(3)10-8-21(19)25(20)13-16(2)17-7-9-23-22(12-17)26-4/h7-11,14-16H,4-6,12-13,17H2,1-3H3;2*4-11,14-16H,12-13,17H2,1-3H3;5-7,9,11-13H,8,10,14H2,1-4H3/b;19-16+;19-16-;16-13+. The summed E-state index contributed by atoms with van der Waals surface area (Å²) in [6.45, 7) is 24.0. The zero-order valence-electron chi connectivity index (χ0n) is 67.8. The van der Waals surface area contributed by atoms with Crippen molar-refractivity contribution in [2.45, 2.75) is 120 Å². The molecule has 0 N–H and O–H groups in total. The lowest BCUT2D eigenvalue weighted by atomic mass is 10.0. The molecule has 5 aliphatic rings. The molecule has 1 aliphatic carbocycles. The summed E-state index contributed by atoms with van der Waals surface area (Å²) < 4.78 is 17.4. The second-order valence-electron chi connectivity index (χ2n) is 32.8. The Labute approximate surface area is 660 Å². The summed E-state index contributed by atoms with van der Waals surface area (Å²) in [4.78, 5) is 13.9. The van der Waals surface area contributed by atoms with E-state index in [1.54, 1.807) is 30.1 Å². The Morgan fingerprint density at radius 1 is 0.366 bits per heavy atom. The topological polar surface area (TPSA) is 59.7 Å². The quantitative estimate of drug-likeness (QED) is 0.144. The molecule has 0 spiro atoms. The molecule has 0 amide bonds.